The molecule has 1 heterocycles. The SMILES string of the molecule is CN(C)C(c1cc[nH]c1)C1CCC(=O)CC1. The van der Waals surface area contributed by atoms with Gasteiger partial charge in [-0.25, -0.2) is 0 Å². The molecule has 88 valence electrons. The highest BCUT2D eigenvalue weighted by Gasteiger charge is 2.29. The third-order valence-corrected chi connectivity index (χ3v) is 3.55. The highest BCUT2D eigenvalue weighted by Crippen LogP contribution is 2.35. The molecule has 0 saturated heterocycles. The molecule has 0 bridgehead atoms. The molecule has 1 aliphatic rings. The van der Waals surface area contributed by atoms with Gasteiger partial charge in [-0.1, -0.05) is 0 Å². The van der Waals surface area contributed by atoms with E-state index >= 15 is 0 Å². The number of hydrogen-bond acceptors (Lipinski definition) is 2. The van der Waals surface area contributed by atoms with Crippen LogP contribution in [0.4, 0.5) is 0 Å². The Morgan fingerprint density at radius 3 is 2.56 bits per heavy atom. The van der Waals surface area contributed by atoms with Crippen molar-refractivity contribution >= 4 is 5.78 Å². The highest BCUT2D eigenvalue weighted by atomic mass is 16.1. The number of carbonyl (C=O) groups excluding carboxylic acids is 1. The average Bonchev–Trinajstić information content (AvgIpc) is 2.74. The van der Waals surface area contributed by atoms with Crippen molar-refractivity contribution in [1.82, 2.24) is 9.88 Å². The summed E-state index contributed by atoms with van der Waals surface area (Å²) in [5.41, 5.74) is 1.34. The minimum absolute atomic E-state index is 0.433. The van der Waals surface area contributed by atoms with Gasteiger partial charge in [-0.2, -0.15) is 0 Å². The van der Waals surface area contributed by atoms with E-state index in [9.17, 15) is 4.79 Å². The predicted molar refractivity (Wildman–Crippen MR) is 64.2 cm³/mol. The first-order chi connectivity index (χ1) is 7.68. The fourth-order valence-electron chi connectivity index (χ4n) is 2.79. The molecule has 0 aliphatic heterocycles. The Balaban J connectivity index is 2.11. The van der Waals surface area contributed by atoms with Crippen LogP contribution < -0.4 is 0 Å². The largest absolute Gasteiger partial charge is 0.367 e. The number of aromatic nitrogens is 1. The molecule has 0 amide bonds. The molecular formula is C13H20N2O. The Labute approximate surface area is 96.8 Å². The van der Waals surface area contributed by atoms with Gasteiger partial charge in [-0.15, -0.1) is 0 Å². The number of Topliss-reactive ketones (excluding diaryl/α,β-unsaturated/α-hetero) is 1. The van der Waals surface area contributed by atoms with Gasteiger partial charge >= 0.3 is 0 Å². The van der Waals surface area contributed by atoms with E-state index in [0.29, 0.717) is 17.7 Å². The van der Waals surface area contributed by atoms with Crippen LogP contribution in [-0.4, -0.2) is 29.8 Å². The van der Waals surface area contributed by atoms with Crippen molar-refractivity contribution in [2.75, 3.05) is 14.1 Å². The zero-order valence-electron chi connectivity index (χ0n) is 10.1. The number of nitrogens with one attached hydrogen (secondary N) is 1. The number of hydrogen-bond donors (Lipinski definition) is 1. The van der Waals surface area contributed by atoms with Crippen LogP contribution in [-0.2, 0) is 4.79 Å². The van der Waals surface area contributed by atoms with Gasteiger partial charge < -0.3 is 9.88 Å². The van der Waals surface area contributed by atoms with Crippen molar-refractivity contribution in [2.24, 2.45) is 5.92 Å². The van der Waals surface area contributed by atoms with Crippen molar-refractivity contribution in [3.05, 3.63) is 24.0 Å². The molecule has 3 heteroatoms. The van der Waals surface area contributed by atoms with E-state index in [2.05, 4.69) is 36.2 Å². The Kier molecular flexibility index (Phi) is 3.44. The van der Waals surface area contributed by atoms with Gasteiger partial charge in [0.15, 0.2) is 0 Å². The van der Waals surface area contributed by atoms with Crippen LogP contribution in [0.2, 0.25) is 0 Å². The van der Waals surface area contributed by atoms with E-state index in [-0.39, 0.29) is 0 Å². The molecule has 16 heavy (non-hydrogen) atoms. The second-order valence-corrected chi connectivity index (χ2v) is 4.93. The smallest absolute Gasteiger partial charge is 0.132 e. The molecule has 0 radical (unpaired) electrons. The fourth-order valence-corrected chi connectivity index (χ4v) is 2.79. The number of rotatable bonds is 3. The molecule has 0 spiro atoms. The third-order valence-electron chi connectivity index (χ3n) is 3.55. The van der Waals surface area contributed by atoms with Gasteiger partial charge in [0, 0.05) is 31.3 Å². The van der Waals surface area contributed by atoms with Crippen LogP contribution in [0.1, 0.15) is 37.3 Å². The van der Waals surface area contributed by atoms with Gasteiger partial charge in [0.1, 0.15) is 5.78 Å². The summed E-state index contributed by atoms with van der Waals surface area (Å²) >= 11 is 0. The molecule has 1 atom stereocenters. The maximum absolute atomic E-state index is 11.3. The van der Waals surface area contributed by atoms with E-state index in [1.807, 2.05) is 6.20 Å². The zero-order chi connectivity index (χ0) is 11.5. The molecule has 1 saturated carbocycles. The minimum atomic E-state index is 0.433. The van der Waals surface area contributed by atoms with E-state index < -0.39 is 0 Å². The summed E-state index contributed by atoms with van der Waals surface area (Å²) in [7, 11) is 4.24. The number of nitrogens with zero attached hydrogens (tertiary/aromatic N) is 1. The monoisotopic (exact) mass is 220 g/mol. The zero-order valence-corrected chi connectivity index (χ0v) is 10.1. The normalized spacial score (nSPS) is 20.3. The van der Waals surface area contributed by atoms with E-state index in [1.54, 1.807) is 0 Å². The first kappa shape index (κ1) is 11.4. The van der Waals surface area contributed by atoms with Crippen molar-refractivity contribution in [3.63, 3.8) is 0 Å². The predicted octanol–water partition coefficient (Wildman–Crippen LogP) is 2.38. The maximum atomic E-state index is 11.3. The second kappa shape index (κ2) is 4.83. The number of H-pyrrole nitrogens is 1. The van der Waals surface area contributed by atoms with Crippen LogP contribution in [0, 0.1) is 5.92 Å². The molecular weight excluding hydrogens is 200 g/mol. The summed E-state index contributed by atoms with van der Waals surface area (Å²) < 4.78 is 0. The van der Waals surface area contributed by atoms with Crippen LogP contribution >= 0.6 is 0 Å². The quantitative estimate of drug-likeness (QED) is 0.849. The van der Waals surface area contributed by atoms with Gasteiger partial charge in [-0.3, -0.25) is 4.79 Å². The molecule has 1 aromatic rings. The highest BCUT2D eigenvalue weighted by molar-refractivity contribution is 5.79. The van der Waals surface area contributed by atoms with Crippen LogP contribution in [0.15, 0.2) is 18.5 Å². The lowest BCUT2D eigenvalue weighted by molar-refractivity contribution is -0.121. The van der Waals surface area contributed by atoms with Gasteiger partial charge in [0.2, 0.25) is 0 Å². The number of aromatic amines is 1. The van der Waals surface area contributed by atoms with Crippen molar-refractivity contribution < 1.29 is 4.79 Å². The van der Waals surface area contributed by atoms with E-state index in [0.717, 1.165) is 25.7 Å². The van der Waals surface area contributed by atoms with Crippen LogP contribution in [0.5, 0.6) is 0 Å². The van der Waals surface area contributed by atoms with Gasteiger partial charge in [-0.05, 0) is 44.5 Å². The molecule has 1 aromatic heterocycles. The summed E-state index contributed by atoms with van der Waals surface area (Å²) in [5, 5.41) is 0. The third kappa shape index (κ3) is 2.35. The Hall–Kier alpha value is -1.09. The second-order valence-electron chi connectivity index (χ2n) is 4.93. The topological polar surface area (TPSA) is 36.1 Å². The number of carbonyl (C=O) groups is 1. The van der Waals surface area contributed by atoms with Crippen LogP contribution in [0.25, 0.3) is 0 Å². The molecule has 1 fully saturated rings. The summed E-state index contributed by atoms with van der Waals surface area (Å²) in [6.45, 7) is 0. The van der Waals surface area contributed by atoms with E-state index in [4.69, 9.17) is 0 Å². The molecule has 2 rings (SSSR count). The molecule has 3 nitrogen and oxygen atoms in total. The Morgan fingerprint density at radius 1 is 1.38 bits per heavy atom. The number of ketones is 1. The summed E-state index contributed by atoms with van der Waals surface area (Å²) in [6, 6.07) is 2.58. The lowest BCUT2D eigenvalue weighted by Crippen LogP contribution is -2.30. The summed E-state index contributed by atoms with van der Waals surface area (Å²) in [4.78, 5) is 16.7. The van der Waals surface area contributed by atoms with Gasteiger partial charge in [0.25, 0.3) is 0 Å². The lowest BCUT2D eigenvalue weighted by atomic mass is 9.81. The minimum Gasteiger partial charge on any atom is -0.367 e. The average molecular weight is 220 g/mol. The standard InChI is InChI=1S/C13H20N2O/c1-15(2)13(11-7-8-14-9-11)10-3-5-12(16)6-4-10/h7-10,13-14H,3-6H2,1-2H3. The lowest BCUT2D eigenvalue weighted by Gasteiger charge is -2.34. The van der Waals surface area contributed by atoms with Crippen molar-refractivity contribution in [1.29, 1.82) is 0 Å². The van der Waals surface area contributed by atoms with E-state index in [1.165, 1.54) is 5.56 Å². The van der Waals surface area contributed by atoms with Crippen LogP contribution in [0.3, 0.4) is 0 Å². The maximum Gasteiger partial charge on any atom is 0.132 e. The molecule has 1 aliphatic carbocycles. The summed E-state index contributed by atoms with van der Waals surface area (Å²) in [5.74, 6) is 1.05. The van der Waals surface area contributed by atoms with Crippen molar-refractivity contribution in [2.45, 2.75) is 31.7 Å². The van der Waals surface area contributed by atoms with Crippen molar-refractivity contribution in [3.8, 4) is 0 Å². The molecule has 0 aromatic carbocycles. The Morgan fingerprint density at radius 2 is 2.06 bits per heavy atom. The summed E-state index contributed by atoms with van der Waals surface area (Å²) in [6.07, 6.45) is 7.64. The first-order valence-electron chi connectivity index (χ1n) is 5.99. The first-order valence-corrected chi connectivity index (χ1v) is 5.99. The molecule has 1 N–H and O–H groups in total. The Bertz CT molecular complexity index is 333. The molecule has 1 unspecified atom stereocenters. The fraction of sp³-hybridized carbons (Fsp3) is 0.615. The van der Waals surface area contributed by atoms with Gasteiger partial charge in [0.05, 0.1) is 0 Å².